The summed E-state index contributed by atoms with van der Waals surface area (Å²) >= 11 is 11.9. The number of benzene rings is 2. The SMILES string of the molecule is CN(C)[C@@H](CNC(=O)c1ccc(Cl)cc1Cl)c1cccc(F)c1. The number of halogens is 3. The van der Waals surface area contributed by atoms with Gasteiger partial charge in [0.15, 0.2) is 0 Å². The molecule has 1 atom stereocenters. The highest BCUT2D eigenvalue weighted by Crippen LogP contribution is 2.22. The van der Waals surface area contributed by atoms with Crippen molar-refractivity contribution in [2.24, 2.45) is 0 Å². The third-order valence-electron chi connectivity index (χ3n) is 3.49. The lowest BCUT2D eigenvalue weighted by Gasteiger charge is -2.25. The third kappa shape index (κ3) is 4.67. The van der Waals surface area contributed by atoms with Crippen LogP contribution in [0.1, 0.15) is 22.0 Å². The normalized spacial score (nSPS) is 12.3. The van der Waals surface area contributed by atoms with Crippen molar-refractivity contribution in [3.8, 4) is 0 Å². The number of amides is 1. The molecule has 2 aromatic carbocycles. The van der Waals surface area contributed by atoms with Crippen LogP contribution in [0.5, 0.6) is 0 Å². The summed E-state index contributed by atoms with van der Waals surface area (Å²) in [6.07, 6.45) is 0. The Morgan fingerprint density at radius 2 is 1.96 bits per heavy atom. The fourth-order valence-corrected chi connectivity index (χ4v) is 2.76. The molecule has 0 aliphatic carbocycles. The van der Waals surface area contributed by atoms with Gasteiger partial charge >= 0.3 is 0 Å². The largest absolute Gasteiger partial charge is 0.350 e. The predicted molar refractivity (Wildman–Crippen MR) is 91.6 cm³/mol. The molecule has 0 bridgehead atoms. The summed E-state index contributed by atoms with van der Waals surface area (Å²) in [5.74, 6) is -0.601. The highest BCUT2D eigenvalue weighted by molar-refractivity contribution is 6.36. The minimum absolute atomic E-state index is 0.152. The molecule has 1 N–H and O–H groups in total. The Morgan fingerprint density at radius 1 is 1.22 bits per heavy atom. The van der Waals surface area contributed by atoms with Gasteiger partial charge in [-0.2, -0.15) is 0 Å². The second-order valence-corrected chi connectivity index (χ2v) is 6.21. The Morgan fingerprint density at radius 3 is 2.57 bits per heavy atom. The molecule has 3 nitrogen and oxygen atoms in total. The Bertz CT molecular complexity index is 707. The molecule has 2 aromatic rings. The molecule has 0 radical (unpaired) electrons. The number of nitrogens with zero attached hydrogens (tertiary/aromatic N) is 1. The molecule has 1 amide bonds. The van der Waals surface area contributed by atoms with Crippen molar-refractivity contribution >= 4 is 29.1 Å². The lowest BCUT2D eigenvalue weighted by atomic mass is 10.1. The van der Waals surface area contributed by atoms with E-state index in [4.69, 9.17) is 23.2 Å². The summed E-state index contributed by atoms with van der Waals surface area (Å²) in [4.78, 5) is 14.2. The molecule has 0 aliphatic heterocycles. The van der Waals surface area contributed by atoms with Crippen LogP contribution in [0.25, 0.3) is 0 Å². The zero-order valence-corrected chi connectivity index (χ0v) is 14.3. The lowest BCUT2D eigenvalue weighted by molar-refractivity contribution is 0.0942. The number of rotatable bonds is 5. The van der Waals surface area contributed by atoms with Crippen LogP contribution in [0.2, 0.25) is 10.0 Å². The van der Waals surface area contributed by atoms with E-state index in [1.54, 1.807) is 18.2 Å². The van der Waals surface area contributed by atoms with E-state index in [9.17, 15) is 9.18 Å². The minimum Gasteiger partial charge on any atom is -0.350 e. The van der Waals surface area contributed by atoms with Crippen molar-refractivity contribution in [2.45, 2.75) is 6.04 Å². The van der Waals surface area contributed by atoms with E-state index < -0.39 is 0 Å². The van der Waals surface area contributed by atoms with Crippen LogP contribution in [0.15, 0.2) is 42.5 Å². The maximum absolute atomic E-state index is 13.4. The molecule has 6 heteroatoms. The van der Waals surface area contributed by atoms with Gasteiger partial charge in [-0.15, -0.1) is 0 Å². The van der Waals surface area contributed by atoms with Crippen molar-refractivity contribution in [2.75, 3.05) is 20.6 Å². The topological polar surface area (TPSA) is 32.3 Å². The quantitative estimate of drug-likeness (QED) is 0.873. The van der Waals surface area contributed by atoms with Crippen molar-refractivity contribution in [3.63, 3.8) is 0 Å². The molecule has 0 heterocycles. The molecule has 122 valence electrons. The molecule has 23 heavy (non-hydrogen) atoms. The van der Waals surface area contributed by atoms with Crippen LogP contribution in [0.4, 0.5) is 4.39 Å². The maximum atomic E-state index is 13.4. The van der Waals surface area contributed by atoms with E-state index in [-0.39, 0.29) is 17.8 Å². The number of hydrogen-bond donors (Lipinski definition) is 1. The molecule has 0 fully saturated rings. The number of hydrogen-bond acceptors (Lipinski definition) is 2. The van der Waals surface area contributed by atoms with Gasteiger partial charge in [-0.25, -0.2) is 4.39 Å². The van der Waals surface area contributed by atoms with Gasteiger partial charge in [0.2, 0.25) is 0 Å². The van der Waals surface area contributed by atoms with Gasteiger partial charge < -0.3 is 10.2 Å². The number of likely N-dealkylation sites (N-methyl/N-ethyl adjacent to an activating group) is 1. The van der Waals surface area contributed by atoms with E-state index in [2.05, 4.69) is 5.32 Å². The van der Waals surface area contributed by atoms with E-state index in [0.717, 1.165) is 5.56 Å². The fraction of sp³-hybridized carbons (Fsp3) is 0.235. The third-order valence-corrected chi connectivity index (χ3v) is 4.04. The van der Waals surface area contributed by atoms with E-state index in [1.165, 1.54) is 18.2 Å². The smallest absolute Gasteiger partial charge is 0.252 e. The molecule has 0 saturated carbocycles. The van der Waals surface area contributed by atoms with Crippen molar-refractivity contribution in [1.29, 1.82) is 0 Å². The summed E-state index contributed by atoms with van der Waals surface area (Å²) in [5.41, 5.74) is 1.14. The zero-order valence-electron chi connectivity index (χ0n) is 12.8. The van der Waals surface area contributed by atoms with Gasteiger partial charge in [-0.05, 0) is 50.0 Å². The van der Waals surface area contributed by atoms with E-state index in [0.29, 0.717) is 22.2 Å². The molecule has 2 rings (SSSR count). The van der Waals surface area contributed by atoms with Gasteiger partial charge in [-0.1, -0.05) is 35.3 Å². The summed E-state index contributed by atoms with van der Waals surface area (Å²) in [5, 5.41) is 3.59. The van der Waals surface area contributed by atoms with Gasteiger partial charge in [0, 0.05) is 11.6 Å². The second kappa shape index (κ2) is 7.77. The van der Waals surface area contributed by atoms with Crippen LogP contribution in [-0.4, -0.2) is 31.4 Å². The first-order chi connectivity index (χ1) is 10.9. The minimum atomic E-state index is -0.304. The molecule has 0 aromatic heterocycles. The average molecular weight is 355 g/mol. The average Bonchev–Trinajstić information content (AvgIpc) is 2.47. The summed E-state index contributed by atoms with van der Waals surface area (Å²) in [6.45, 7) is 0.328. The predicted octanol–water partition coefficient (Wildman–Crippen LogP) is 4.17. The molecular weight excluding hydrogens is 338 g/mol. The van der Waals surface area contributed by atoms with Gasteiger partial charge in [0.25, 0.3) is 5.91 Å². The first-order valence-electron chi connectivity index (χ1n) is 7.03. The van der Waals surface area contributed by atoms with Crippen LogP contribution >= 0.6 is 23.2 Å². The maximum Gasteiger partial charge on any atom is 0.252 e. The van der Waals surface area contributed by atoms with Crippen LogP contribution in [-0.2, 0) is 0 Å². The monoisotopic (exact) mass is 354 g/mol. The molecular formula is C17H17Cl2FN2O. The lowest BCUT2D eigenvalue weighted by Crippen LogP contribution is -2.34. The zero-order chi connectivity index (χ0) is 17.0. The summed E-state index contributed by atoms with van der Waals surface area (Å²) in [7, 11) is 3.74. The highest BCUT2D eigenvalue weighted by atomic mass is 35.5. The number of carbonyl (C=O) groups excluding carboxylic acids is 1. The molecule has 0 saturated heterocycles. The summed E-state index contributed by atoms with van der Waals surface area (Å²) in [6, 6.07) is 10.9. The number of nitrogens with one attached hydrogen (secondary N) is 1. The van der Waals surface area contributed by atoms with E-state index >= 15 is 0 Å². The van der Waals surface area contributed by atoms with Crippen molar-refractivity contribution in [3.05, 3.63) is 69.5 Å². The van der Waals surface area contributed by atoms with Gasteiger partial charge in [0.05, 0.1) is 16.6 Å². The Balaban J connectivity index is 2.11. The van der Waals surface area contributed by atoms with Gasteiger partial charge in [0.1, 0.15) is 5.82 Å². The molecule has 0 spiro atoms. The first kappa shape index (κ1) is 17.7. The Hall–Kier alpha value is -1.62. The summed E-state index contributed by atoms with van der Waals surface area (Å²) < 4.78 is 13.4. The van der Waals surface area contributed by atoms with Crippen LogP contribution in [0.3, 0.4) is 0 Å². The standard InChI is InChI=1S/C17H17Cl2FN2O/c1-22(2)16(11-4-3-5-13(20)8-11)10-21-17(23)14-7-6-12(18)9-15(14)19/h3-9,16H,10H2,1-2H3,(H,21,23)/t16-/m0/s1. The van der Waals surface area contributed by atoms with Gasteiger partial charge in [-0.3, -0.25) is 4.79 Å². The van der Waals surface area contributed by atoms with Crippen LogP contribution in [0, 0.1) is 5.82 Å². The molecule has 0 aliphatic rings. The Labute approximate surface area is 145 Å². The van der Waals surface area contributed by atoms with Crippen molar-refractivity contribution < 1.29 is 9.18 Å². The van der Waals surface area contributed by atoms with Crippen LogP contribution < -0.4 is 5.32 Å². The highest BCUT2D eigenvalue weighted by Gasteiger charge is 2.17. The number of carbonyl (C=O) groups is 1. The first-order valence-corrected chi connectivity index (χ1v) is 7.79. The Kier molecular flexibility index (Phi) is 5.99. The second-order valence-electron chi connectivity index (χ2n) is 5.37. The molecule has 0 unspecified atom stereocenters. The van der Waals surface area contributed by atoms with Crippen molar-refractivity contribution in [1.82, 2.24) is 10.2 Å². The fourth-order valence-electron chi connectivity index (χ4n) is 2.27. The van der Waals surface area contributed by atoms with E-state index in [1.807, 2.05) is 25.1 Å².